The van der Waals surface area contributed by atoms with Crippen LogP contribution in [-0.2, 0) is 23.1 Å². The monoisotopic (exact) mass is 431 g/mol. The van der Waals surface area contributed by atoms with Crippen molar-refractivity contribution in [3.05, 3.63) is 58.7 Å². The molecule has 2 bridgehead atoms. The minimum Gasteiger partial charge on any atom is -0.504 e. The summed E-state index contributed by atoms with van der Waals surface area (Å²) in [7, 11) is 1.64. The summed E-state index contributed by atoms with van der Waals surface area (Å²) in [6.07, 6.45) is 7.71. The Labute approximate surface area is 190 Å². The van der Waals surface area contributed by atoms with Crippen LogP contribution in [0.5, 0.6) is 11.5 Å². The van der Waals surface area contributed by atoms with E-state index in [0.717, 1.165) is 43.7 Å². The number of phenols is 1. The molecular formula is C28H33NO3. The Bertz CT molecular complexity index is 1040. The van der Waals surface area contributed by atoms with Gasteiger partial charge in [0, 0.05) is 36.4 Å². The number of hydrogen-bond acceptors (Lipinski definition) is 4. The van der Waals surface area contributed by atoms with Crippen molar-refractivity contribution in [3.63, 3.8) is 0 Å². The molecule has 32 heavy (non-hydrogen) atoms. The molecule has 168 valence electrons. The Morgan fingerprint density at radius 1 is 1.19 bits per heavy atom. The van der Waals surface area contributed by atoms with E-state index in [-0.39, 0.29) is 11.2 Å². The van der Waals surface area contributed by atoms with Crippen LogP contribution in [0.2, 0.25) is 0 Å². The van der Waals surface area contributed by atoms with E-state index < -0.39 is 0 Å². The standard InChI is InChI=1S/C28H33NO3/c1-32-25-14-20(13-18-5-3-2-4-6-18)22-15-24-23-10-9-21(30)16-28(23,26(22)27(25)31)11-12-29(24)17-19-7-8-19/h2-6,14,19,23-24,31H,7-13,15-17H2,1H3/t23-,24+,28-/m0/s1. The first-order valence-corrected chi connectivity index (χ1v) is 12.3. The number of Topliss-reactive ketones (excluding diaryl/α,β-unsaturated/α-hetero) is 1. The maximum atomic E-state index is 12.8. The predicted octanol–water partition coefficient (Wildman–Crippen LogP) is 4.64. The average molecular weight is 432 g/mol. The quantitative estimate of drug-likeness (QED) is 0.749. The summed E-state index contributed by atoms with van der Waals surface area (Å²) in [6, 6.07) is 13.1. The summed E-state index contributed by atoms with van der Waals surface area (Å²) in [5.41, 5.74) is 4.60. The summed E-state index contributed by atoms with van der Waals surface area (Å²) in [4.78, 5) is 15.6. The van der Waals surface area contributed by atoms with E-state index in [9.17, 15) is 9.90 Å². The first-order chi connectivity index (χ1) is 15.6. The van der Waals surface area contributed by atoms with E-state index in [1.165, 1.54) is 36.1 Å². The highest BCUT2D eigenvalue weighted by molar-refractivity contribution is 5.82. The number of likely N-dealkylation sites (tertiary alicyclic amines) is 1. The van der Waals surface area contributed by atoms with Crippen LogP contribution in [-0.4, -0.2) is 42.0 Å². The molecule has 2 aromatic carbocycles. The number of methoxy groups -OCH3 is 1. The van der Waals surface area contributed by atoms with Gasteiger partial charge in [0.2, 0.25) is 0 Å². The molecule has 4 heteroatoms. The fraction of sp³-hybridized carbons (Fsp3) is 0.536. The van der Waals surface area contributed by atoms with E-state index >= 15 is 0 Å². The summed E-state index contributed by atoms with van der Waals surface area (Å²) >= 11 is 0. The molecule has 0 unspecified atom stereocenters. The van der Waals surface area contributed by atoms with Gasteiger partial charge in [0.25, 0.3) is 0 Å². The summed E-state index contributed by atoms with van der Waals surface area (Å²) in [5.74, 6) is 2.51. The van der Waals surface area contributed by atoms with Gasteiger partial charge in [0.1, 0.15) is 5.78 Å². The third-order valence-electron chi connectivity index (χ3n) is 8.76. The highest BCUT2D eigenvalue weighted by Crippen LogP contribution is 2.59. The van der Waals surface area contributed by atoms with E-state index in [4.69, 9.17) is 4.74 Å². The van der Waals surface area contributed by atoms with Crippen LogP contribution >= 0.6 is 0 Å². The Kier molecular flexibility index (Phi) is 4.83. The van der Waals surface area contributed by atoms with Gasteiger partial charge in [-0.1, -0.05) is 30.3 Å². The zero-order chi connectivity index (χ0) is 21.9. The molecule has 3 aliphatic carbocycles. The fourth-order valence-electron chi connectivity index (χ4n) is 7.14. The summed E-state index contributed by atoms with van der Waals surface area (Å²) < 4.78 is 5.67. The van der Waals surface area contributed by atoms with Crippen LogP contribution in [0.4, 0.5) is 0 Å². The molecule has 3 atom stereocenters. The number of aromatic hydroxyl groups is 1. The number of nitrogens with zero attached hydrogens (tertiary/aromatic N) is 1. The van der Waals surface area contributed by atoms with Gasteiger partial charge in [-0.05, 0) is 79.7 Å². The molecule has 6 rings (SSSR count). The van der Waals surface area contributed by atoms with Gasteiger partial charge in [0.05, 0.1) is 7.11 Å². The zero-order valence-electron chi connectivity index (χ0n) is 19.0. The molecule has 3 fully saturated rings. The number of carbonyl (C=O) groups excluding carboxylic acids is 1. The number of phenolic OH excluding ortho intramolecular Hbond substituents is 1. The number of carbonyl (C=O) groups is 1. The lowest BCUT2D eigenvalue weighted by atomic mass is 9.51. The normalized spacial score (nSPS) is 29.3. The molecule has 1 aliphatic heterocycles. The molecule has 4 nitrogen and oxygen atoms in total. The molecule has 1 heterocycles. The number of hydrogen-bond donors (Lipinski definition) is 1. The highest BCUT2D eigenvalue weighted by Gasteiger charge is 2.57. The van der Waals surface area contributed by atoms with E-state index in [2.05, 4.69) is 29.2 Å². The van der Waals surface area contributed by atoms with Gasteiger partial charge >= 0.3 is 0 Å². The summed E-state index contributed by atoms with van der Waals surface area (Å²) in [5, 5.41) is 11.4. The minimum atomic E-state index is -0.238. The van der Waals surface area contributed by atoms with Crippen molar-refractivity contribution in [2.75, 3.05) is 20.2 Å². The molecule has 1 N–H and O–H groups in total. The molecule has 1 saturated heterocycles. The molecule has 0 aromatic heterocycles. The Morgan fingerprint density at radius 2 is 2.00 bits per heavy atom. The van der Waals surface area contributed by atoms with Crippen molar-refractivity contribution in [1.82, 2.24) is 4.90 Å². The van der Waals surface area contributed by atoms with Crippen LogP contribution in [0.1, 0.15) is 60.8 Å². The summed E-state index contributed by atoms with van der Waals surface area (Å²) in [6.45, 7) is 2.24. The number of fused-ring (bicyclic) bond motifs is 1. The third-order valence-corrected chi connectivity index (χ3v) is 8.76. The number of benzene rings is 2. The van der Waals surface area contributed by atoms with E-state index in [0.29, 0.717) is 36.3 Å². The topological polar surface area (TPSA) is 49.8 Å². The van der Waals surface area contributed by atoms with Crippen LogP contribution in [0, 0.1) is 11.8 Å². The predicted molar refractivity (Wildman–Crippen MR) is 124 cm³/mol. The second-order valence-electron chi connectivity index (χ2n) is 10.6. The van der Waals surface area contributed by atoms with Crippen LogP contribution in [0.25, 0.3) is 0 Å². The van der Waals surface area contributed by atoms with Gasteiger partial charge in [-0.25, -0.2) is 0 Å². The Morgan fingerprint density at radius 3 is 2.75 bits per heavy atom. The molecule has 4 aliphatic rings. The maximum absolute atomic E-state index is 12.8. The van der Waals surface area contributed by atoms with Crippen molar-refractivity contribution in [2.24, 2.45) is 11.8 Å². The zero-order valence-corrected chi connectivity index (χ0v) is 19.0. The fourth-order valence-corrected chi connectivity index (χ4v) is 7.14. The van der Waals surface area contributed by atoms with Gasteiger partial charge in [-0.3, -0.25) is 9.69 Å². The number of ether oxygens (including phenoxy) is 1. The largest absolute Gasteiger partial charge is 0.504 e. The van der Waals surface area contributed by atoms with E-state index in [1.807, 2.05) is 12.1 Å². The first kappa shape index (κ1) is 20.3. The molecule has 0 radical (unpaired) electrons. The molecule has 2 saturated carbocycles. The lowest BCUT2D eigenvalue weighted by Crippen LogP contribution is -2.62. The molecule has 2 aromatic rings. The van der Waals surface area contributed by atoms with Crippen LogP contribution in [0.15, 0.2) is 36.4 Å². The van der Waals surface area contributed by atoms with Gasteiger partial charge < -0.3 is 9.84 Å². The number of piperidine rings is 1. The van der Waals surface area contributed by atoms with Crippen molar-refractivity contribution in [2.45, 2.75) is 62.8 Å². The molecule has 0 spiro atoms. The second-order valence-corrected chi connectivity index (χ2v) is 10.6. The minimum absolute atomic E-state index is 0.238. The SMILES string of the molecule is COc1cc(Cc2ccccc2)c2c(c1O)[C@]13CCN(CC4CC4)[C@H](C2)[C@@H]1CCC(=O)C3. The van der Waals surface area contributed by atoms with Crippen LogP contribution < -0.4 is 4.74 Å². The van der Waals surface area contributed by atoms with Crippen molar-refractivity contribution in [3.8, 4) is 11.5 Å². The lowest BCUT2D eigenvalue weighted by molar-refractivity contribution is -0.127. The Balaban J connectivity index is 1.51. The smallest absolute Gasteiger partial charge is 0.161 e. The number of rotatable bonds is 5. The molecule has 0 amide bonds. The van der Waals surface area contributed by atoms with Crippen LogP contribution in [0.3, 0.4) is 0 Å². The van der Waals surface area contributed by atoms with E-state index in [1.54, 1.807) is 7.11 Å². The van der Waals surface area contributed by atoms with Crippen molar-refractivity contribution < 1.29 is 14.6 Å². The molecular weight excluding hydrogens is 398 g/mol. The highest BCUT2D eigenvalue weighted by atomic mass is 16.5. The van der Waals surface area contributed by atoms with Gasteiger partial charge in [-0.2, -0.15) is 0 Å². The van der Waals surface area contributed by atoms with Gasteiger partial charge in [0.15, 0.2) is 11.5 Å². The maximum Gasteiger partial charge on any atom is 0.161 e. The number of ketones is 1. The van der Waals surface area contributed by atoms with Crippen molar-refractivity contribution >= 4 is 5.78 Å². The lowest BCUT2D eigenvalue weighted by Gasteiger charge is -2.59. The Hall–Kier alpha value is -2.33. The van der Waals surface area contributed by atoms with Gasteiger partial charge in [-0.15, -0.1) is 0 Å². The first-order valence-electron chi connectivity index (χ1n) is 12.3. The second kappa shape index (κ2) is 7.62. The third kappa shape index (κ3) is 3.18. The average Bonchev–Trinajstić information content (AvgIpc) is 3.61. The van der Waals surface area contributed by atoms with Crippen molar-refractivity contribution in [1.29, 1.82) is 0 Å².